The topological polar surface area (TPSA) is 48.1 Å². The fourth-order valence-electron chi connectivity index (χ4n) is 6.05. The normalized spacial score (nSPS) is 10.9. The van der Waals surface area contributed by atoms with Gasteiger partial charge in [-0.25, -0.2) is 4.98 Å². The van der Waals surface area contributed by atoms with E-state index in [0.717, 1.165) is 67.3 Å². The molecule has 0 amide bonds. The van der Waals surface area contributed by atoms with Crippen LogP contribution < -0.4 is 10.5 Å². The maximum absolute atomic E-state index is 7.18. The minimum absolute atomic E-state index is 0.741. The molecule has 0 aliphatic heterocycles. The van der Waals surface area contributed by atoms with Crippen LogP contribution in [0.1, 0.15) is 5.56 Å². The molecule has 0 saturated carbocycles. The molecule has 0 fully saturated rings. The number of nitrogens with zero attached hydrogens (tertiary/aromatic N) is 1. The van der Waals surface area contributed by atoms with Gasteiger partial charge in [0.25, 0.3) is 0 Å². The molecule has 1 heterocycles. The van der Waals surface area contributed by atoms with Crippen molar-refractivity contribution in [3.05, 3.63) is 163 Å². The van der Waals surface area contributed by atoms with Gasteiger partial charge in [0, 0.05) is 27.9 Å². The van der Waals surface area contributed by atoms with Crippen molar-refractivity contribution in [3.8, 4) is 72.8 Å². The summed E-state index contributed by atoms with van der Waals surface area (Å²) in [6.07, 6.45) is 0. The number of hydrogen-bond acceptors (Lipinski definition) is 3. The summed E-state index contributed by atoms with van der Waals surface area (Å²) in [7, 11) is 1.70. The highest BCUT2D eigenvalue weighted by molar-refractivity contribution is 5.99. The summed E-state index contributed by atoms with van der Waals surface area (Å²) in [5.41, 5.74) is 21.4. The lowest BCUT2D eigenvalue weighted by Crippen LogP contribution is -1.99. The van der Waals surface area contributed by atoms with Crippen LogP contribution in [0.15, 0.2) is 158 Å². The monoisotopic (exact) mass is 594 g/mol. The van der Waals surface area contributed by atoms with E-state index in [0.29, 0.717) is 0 Å². The van der Waals surface area contributed by atoms with Crippen molar-refractivity contribution < 1.29 is 4.74 Å². The summed E-state index contributed by atoms with van der Waals surface area (Å²) in [6, 6.07) is 54.6. The van der Waals surface area contributed by atoms with Gasteiger partial charge < -0.3 is 10.5 Å². The molecule has 1 aromatic heterocycles. The van der Waals surface area contributed by atoms with E-state index < -0.39 is 0 Å². The van der Waals surface area contributed by atoms with Gasteiger partial charge in [-0.1, -0.05) is 139 Å². The van der Waals surface area contributed by atoms with Crippen LogP contribution in [0.5, 0.6) is 5.75 Å². The first-order chi connectivity index (χ1) is 22.6. The van der Waals surface area contributed by atoms with Crippen molar-refractivity contribution >= 4 is 5.69 Å². The number of benzene rings is 6. The van der Waals surface area contributed by atoms with E-state index in [1.54, 1.807) is 7.11 Å². The maximum atomic E-state index is 7.18. The Morgan fingerprint density at radius 1 is 0.457 bits per heavy atom. The number of ether oxygens (including phenoxy) is 1. The van der Waals surface area contributed by atoms with Crippen LogP contribution in [0.25, 0.3) is 67.0 Å². The van der Waals surface area contributed by atoms with Crippen LogP contribution in [0.4, 0.5) is 5.69 Å². The summed E-state index contributed by atoms with van der Waals surface area (Å²) in [6.45, 7) is 2.10. The van der Waals surface area contributed by atoms with Crippen molar-refractivity contribution in [1.82, 2.24) is 4.98 Å². The molecule has 0 spiro atoms. The first kappa shape index (κ1) is 28.8. The molecule has 7 aromatic rings. The summed E-state index contributed by atoms with van der Waals surface area (Å²) in [5, 5.41) is 0. The minimum Gasteiger partial charge on any atom is -0.496 e. The van der Waals surface area contributed by atoms with Gasteiger partial charge in [-0.05, 0) is 64.6 Å². The summed E-state index contributed by atoms with van der Waals surface area (Å²) in [4.78, 5) is 5.13. The number of methoxy groups -OCH3 is 1. The van der Waals surface area contributed by atoms with Crippen molar-refractivity contribution in [3.63, 3.8) is 0 Å². The molecule has 0 aliphatic rings. The van der Waals surface area contributed by atoms with Crippen LogP contribution >= 0.6 is 0 Å². The van der Waals surface area contributed by atoms with E-state index in [9.17, 15) is 0 Å². The van der Waals surface area contributed by atoms with Crippen molar-refractivity contribution in [2.45, 2.75) is 6.92 Å². The SMILES string of the molecule is COc1ccccc1-c1cc(-c2ccc(-c3ccc(-c4ccccc4)cc3)c(N)c2-c2ccc(C)cc2)cc(-c2ccccc2)n1. The van der Waals surface area contributed by atoms with E-state index in [-0.39, 0.29) is 0 Å². The Hall–Kier alpha value is -5.93. The van der Waals surface area contributed by atoms with E-state index in [4.69, 9.17) is 15.5 Å². The number of nitrogens with two attached hydrogens (primary N) is 1. The molecule has 0 radical (unpaired) electrons. The van der Waals surface area contributed by atoms with Crippen molar-refractivity contribution in [1.29, 1.82) is 0 Å². The largest absolute Gasteiger partial charge is 0.496 e. The average Bonchev–Trinajstić information content (AvgIpc) is 3.12. The van der Waals surface area contributed by atoms with Crippen LogP contribution in [0.2, 0.25) is 0 Å². The predicted molar refractivity (Wildman–Crippen MR) is 193 cm³/mol. The third-order valence-corrected chi connectivity index (χ3v) is 8.48. The predicted octanol–water partition coefficient (Wildman–Crippen LogP) is 11.0. The highest BCUT2D eigenvalue weighted by atomic mass is 16.5. The van der Waals surface area contributed by atoms with Crippen molar-refractivity contribution in [2.24, 2.45) is 0 Å². The van der Waals surface area contributed by atoms with Gasteiger partial charge in [0.05, 0.1) is 18.5 Å². The third-order valence-electron chi connectivity index (χ3n) is 8.48. The number of aromatic nitrogens is 1. The lowest BCUT2D eigenvalue weighted by atomic mass is 9.87. The summed E-state index contributed by atoms with van der Waals surface area (Å²) >= 11 is 0. The molecule has 7 rings (SSSR count). The molecule has 0 saturated heterocycles. The van der Waals surface area contributed by atoms with E-state index in [1.807, 2.05) is 42.5 Å². The second-order valence-corrected chi connectivity index (χ2v) is 11.5. The molecule has 0 aliphatic carbocycles. The second kappa shape index (κ2) is 12.6. The molecule has 6 aromatic carbocycles. The number of nitrogen functional groups attached to an aromatic ring is 1. The van der Waals surface area contributed by atoms with Gasteiger partial charge in [0.15, 0.2) is 0 Å². The van der Waals surface area contributed by atoms with E-state index >= 15 is 0 Å². The van der Waals surface area contributed by atoms with Crippen molar-refractivity contribution in [2.75, 3.05) is 12.8 Å². The molecule has 46 heavy (non-hydrogen) atoms. The molecule has 0 atom stereocenters. The third kappa shape index (κ3) is 5.67. The Morgan fingerprint density at radius 2 is 1.00 bits per heavy atom. The number of anilines is 1. The van der Waals surface area contributed by atoms with Gasteiger partial charge in [-0.15, -0.1) is 0 Å². The zero-order valence-electron chi connectivity index (χ0n) is 25.9. The number of para-hydroxylation sites is 1. The zero-order chi connectivity index (χ0) is 31.5. The molecule has 222 valence electrons. The first-order valence-corrected chi connectivity index (χ1v) is 15.5. The standard InChI is InChI=1S/C43H34N2O/c1-29-17-19-34(20-18-29)42-36(25-26-37(43(42)44)32-23-21-31(22-24-32)30-11-5-3-6-12-30)35-27-39(33-13-7-4-8-14-33)45-40(28-35)38-15-9-10-16-41(38)46-2/h3-28H,44H2,1-2H3. The fraction of sp³-hybridized carbons (Fsp3) is 0.0465. The Bertz CT molecular complexity index is 2120. The van der Waals surface area contributed by atoms with Gasteiger partial charge in [-0.3, -0.25) is 0 Å². The van der Waals surface area contributed by atoms with E-state index in [1.165, 1.54) is 16.7 Å². The Labute approximate surface area is 270 Å². The van der Waals surface area contributed by atoms with Gasteiger partial charge in [0.2, 0.25) is 0 Å². The summed E-state index contributed by atoms with van der Waals surface area (Å²) < 4.78 is 5.76. The molecular formula is C43H34N2O. The van der Waals surface area contributed by atoms with Crippen LogP contribution in [-0.2, 0) is 0 Å². The molecular weight excluding hydrogens is 560 g/mol. The van der Waals surface area contributed by atoms with Gasteiger partial charge in [0.1, 0.15) is 5.75 Å². The van der Waals surface area contributed by atoms with Crippen LogP contribution in [-0.4, -0.2) is 12.1 Å². The smallest absolute Gasteiger partial charge is 0.128 e. The number of hydrogen-bond donors (Lipinski definition) is 1. The number of rotatable bonds is 7. The Balaban J connectivity index is 1.43. The van der Waals surface area contributed by atoms with Crippen LogP contribution in [0, 0.1) is 6.92 Å². The quantitative estimate of drug-likeness (QED) is 0.187. The van der Waals surface area contributed by atoms with E-state index in [2.05, 4.69) is 122 Å². The zero-order valence-corrected chi connectivity index (χ0v) is 25.9. The van der Waals surface area contributed by atoms with Gasteiger partial charge >= 0.3 is 0 Å². The number of aryl methyl sites for hydroxylation is 1. The Kier molecular flexibility index (Phi) is 7.89. The first-order valence-electron chi connectivity index (χ1n) is 15.5. The molecule has 3 heteroatoms. The minimum atomic E-state index is 0.741. The second-order valence-electron chi connectivity index (χ2n) is 11.5. The lowest BCUT2D eigenvalue weighted by Gasteiger charge is -2.19. The number of pyridine rings is 1. The Morgan fingerprint density at radius 3 is 1.70 bits per heavy atom. The van der Waals surface area contributed by atoms with Gasteiger partial charge in [-0.2, -0.15) is 0 Å². The molecule has 2 N–H and O–H groups in total. The molecule has 0 bridgehead atoms. The highest BCUT2D eigenvalue weighted by Crippen LogP contribution is 2.44. The fourth-order valence-corrected chi connectivity index (χ4v) is 6.05. The molecule has 0 unspecified atom stereocenters. The lowest BCUT2D eigenvalue weighted by molar-refractivity contribution is 0.416. The maximum Gasteiger partial charge on any atom is 0.128 e. The average molecular weight is 595 g/mol. The summed E-state index contributed by atoms with van der Waals surface area (Å²) in [5.74, 6) is 0.777. The van der Waals surface area contributed by atoms with Crippen LogP contribution in [0.3, 0.4) is 0 Å². The molecule has 3 nitrogen and oxygen atoms in total. The highest BCUT2D eigenvalue weighted by Gasteiger charge is 2.19.